The summed E-state index contributed by atoms with van der Waals surface area (Å²) in [6.07, 6.45) is 4.07. The van der Waals surface area contributed by atoms with Crippen molar-refractivity contribution >= 4 is 34.1 Å². The lowest BCUT2D eigenvalue weighted by Crippen LogP contribution is -2.03. The number of benzene rings is 2. The Bertz CT molecular complexity index is 953. The highest BCUT2D eigenvalue weighted by Crippen LogP contribution is 2.34. The highest BCUT2D eigenvalue weighted by molar-refractivity contribution is 6.35. The van der Waals surface area contributed by atoms with Crippen molar-refractivity contribution in [2.24, 2.45) is 0 Å². The molecule has 0 unspecified atom stereocenters. The molecule has 4 nitrogen and oxygen atoms in total. The Hall–Kier alpha value is -2.85. The second-order valence-corrected chi connectivity index (χ2v) is 5.85. The average molecular weight is 318 g/mol. The molecule has 120 valence electrons. The Labute approximate surface area is 140 Å². The van der Waals surface area contributed by atoms with Gasteiger partial charge in [0.2, 0.25) is 0 Å². The summed E-state index contributed by atoms with van der Waals surface area (Å²) in [4.78, 5) is 12.3. The normalized spacial score (nSPS) is 15.0. The molecule has 3 aromatic rings. The van der Waals surface area contributed by atoms with Gasteiger partial charge in [-0.05, 0) is 18.2 Å². The fraction of sp³-hybridized carbons (Fsp3) is 0.150. The Morgan fingerprint density at radius 2 is 1.92 bits per heavy atom. The zero-order chi connectivity index (χ0) is 16.5. The van der Waals surface area contributed by atoms with Crippen LogP contribution in [0, 0.1) is 0 Å². The standard InChI is InChI=1S/C20H18N2O2/c1-24-11-10-22-13-14(15-6-3-5-9-19(15)22)12-17-16-7-2-4-8-18(16)21-20(17)23/h2-9,12-13H,10-11H2,1H3,(H,21,23)/b17-12+. The predicted molar refractivity (Wildman–Crippen MR) is 96.8 cm³/mol. The van der Waals surface area contributed by atoms with Gasteiger partial charge in [0.15, 0.2) is 0 Å². The molecule has 0 atom stereocenters. The molecule has 1 amide bonds. The van der Waals surface area contributed by atoms with Crippen LogP contribution in [0.1, 0.15) is 11.1 Å². The van der Waals surface area contributed by atoms with E-state index in [9.17, 15) is 4.79 Å². The van der Waals surface area contributed by atoms with Gasteiger partial charge in [0.05, 0.1) is 6.61 Å². The fourth-order valence-electron chi connectivity index (χ4n) is 3.20. The van der Waals surface area contributed by atoms with Crippen molar-refractivity contribution in [1.29, 1.82) is 0 Å². The van der Waals surface area contributed by atoms with Gasteiger partial charge in [-0.2, -0.15) is 0 Å². The van der Waals surface area contributed by atoms with Gasteiger partial charge in [0, 0.05) is 53.1 Å². The van der Waals surface area contributed by atoms with Crippen LogP contribution in [0.25, 0.3) is 22.6 Å². The van der Waals surface area contributed by atoms with Crippen molar-refractivity contribution in [1.82, 2.24) is 4.57 Å². The number of anilines is 1. The minimum atomic E-state index is -0.0510. The van der Waals surface area contributed by atoms with Gasteiger partial charge >= 0.3 is 0 Å². The minimum Gasteiger partial charge on any atom is -0.383 e. The summed E-state index contributed by atoms with van der Waals surface area (Å²) in [6, 6.07) is 16.0. The number of ether oxygens (including phenoxy) is 1. The predicted octanol–water partition coefficient (Wildman–Crippen LogP) is 3.78. The third-order valence-corrected chi connectivity index (χ3v) is 4.37. The van der Waals surface area contributed by atoms with Gasteiger partial charge in [-0.15, -0.1) is 0 Å². The molecule has 1 aromatic heterocycles. The van der Waals surface area contributed by atoms with Crippen molar-refractivity contribution in [2.45, 2.75) is 6.54 Å². The topological polar surface area (TPSA) is 43.3 Å². The van der Waals surface area contributed by atoms with Gasteiger partial charge in [-0.25, -0.2) is 0 Å². The largest absolute Gasteiger partial charge is 0.383 e. The number of hydrogen-bond donors (Lipinski definition) is 1. The number of hydrogen-bond acceptors (Lipinski definition) is 2. The Kier molecular flexibility index (Phi) is 3.67. The van der Waals surface area contributed by atoms with Crippen LogP contribution in [0.3, 0.4) is 0 Å². The molecule has 4 heteroatoms. The van der Waals surface area contributed by atoms with Crippen molar-refractivity contribution < 1.29 is 9.53 Å². The van der Waals surface area contributed by atoms with E-state index < -0.39 is 0 Å². The number of carbonyl (C=O) groups is 1. The van der Waals surface area contributed by atoms with Gasteiger partial charge in [-0.3, -0.25) is 4.79 Å². The number of methoxy groups -OCH3 is 1. The molecular formula is C20H18N2O2. The average Bonchev–Trinajstić information content (AvgIpc) is 3.12. The zero-order valence-electron chi connectivity index (χ0n) is 13.5. The molecule has 0 bridgehead atoms. The zero-order valence-corrected chi connectivity index (χ0v) is 13.5. The van der Waals surface area contributed by atoms with E-state index in [4.69, 9.17) is 4.74 Å². The van der Waals surface area contributed by atoms with Gasteiger partial charge in [0.25, 0.3) is 5.91 Å². The molecule has 0 spiro atoms. The molecule has 0 saturated carbocycles. The maximum atomic E-state index is 12.3. The van der Waals surface area contributed by atoms with Crippen molar-refractivity contribution in [3.05, 3.63) is 65.9 Å². The number of nitrogens with zero attached hydrogens (tertiary/aromatic N) is 1. The molecule has 2 heterocycles. The Balaban J connectivity index is 1.84. The Morgan fingerprint density at radius 3 is 2.79 bits per heavy atom. The van der Waals surface area contributed by atoms with E-state index in [2.05, 4.69) is 28.2 Å². The number of amides is 1. The number of aromatic nitrogens is 1. The smallest absolute Gasteiger partial charge is 0.256 e. The maximum Gasteiger partial charge on any atom is 0.256 e. The number of nitrogens with one attached hydrogen (secondary N) is 1. The first-order valence-corrected chi connectivity index (χ1v) is 7.97. The van der Waals surface area contributed by atoms with E-state index in [-0.39, 0.29) is 5.91 Å². The summed E-state index contributed by atoms with van der Waals surface area (Å²) in [6.45, 7) is 1.43. The van der Waals surface area contributed by atoms with Crippen LogP contribution in [0.15, 0.2) is 54.7 Å². The molecule has 24 heavy (non-hydrogen) atoms. The monoisotopic (exact) mass is 318 g/mol. The van der Waals surface area contributed by atoms with Crippen LogP contribution >= 0.6 is 0 Å². The van der Waals surface area contributed by atoms with E-state index in [1.165, 1.54) is 0 Å². The van der Waals surface area contributed by atoms with Crippen LogP contribution < -0.4 is 5.32 Å². The third-order valence-electron chi connectivity index (χ3n) is 4.37. The molecule has 0 radical (unpaired) electrons. The lowest BCUT2D eigenvalue weighted by Gasteiger charge is -2.03. The number of carbonyl (C=O) groups excluding carboxylic acids is 1. The quantitative estimate of drug-likeness (QED) is 0.744. The maximum absolute atomic E-state index is 12.3. The fourth-order valence-corrected chi connectivity index (χ4v) is 3.20. The summed E-state index contributed by atoms with van der Waals surface area (Å²) < 4.78 is 7.37. The van der Waals surface area contributed by atoms with Crippen LogP contribution in [0.5, 0.6) is 0 Å². The van der Waals surface area contributed by atoms with Crippen LogP contribution in [0.4, 0.5) is 5.69 Å². The second-order valence-electron chi connectivity index (χ2n) is 5.85. The molecule has 4 rings (SSSR count). The lowest BCUT2D eigenvalue weighted by atomic mass is 10.0. The van der Waals surface area contributed by atoms with E-state index in [0.29, 0.717) is 12.2 Å². The molecule has 1 N–H and O–H groups in total. The summed E-state index contributed by atoms with van der Waals surface area (Å²) in [5.74, 6) is -0.0510. The molecular weight excluding hydrogens is 300 g/mol. The van der Waals surface area contributed by atoms with E-state index >= 15 is 0 Å². The number of rotatable bonds is 4. The number of fused-ring (bicyclic) bond motifs is 2. The SMILES string of the molecule is COCCn1cc(/C=C2/C(=O)Nc3ccccc32)c2ccccc21. The van der Waals surface area contributed by atoms with Gasteiger partial charge < -0.3 is 14.6 Å². The van der Waals surface area contributed by atoms with E-state index in [0.717, 1.165) is 34.3 Å². The molecule has 0 aliphatic carbocycles. The molecule has 0 fully saturated rings. The molecule has 1 aliphatic heterocycles. The van der Waals surface area contributed by atoms with E-state index in [1.54, 1.807) is 7.11 Å². The van der Waals surface area contributed by atoms with Gasteiger partial charge in [-0.1, -0.05) is 36.4 Å². The summed E-state index contributed by atoms with van der Waals surface area (Å²) in [5.41, 5.74) is 4.73. The van der Waals surface area contributed by atoms with Crippen molar-refractivity contribution in [2.75, 3.05) is 19.0 Å². The highest BCUT2D eigenvalue weighted by Gasteiger charge is 2.23. The lowest BCUT2D eigenvalue weighted by molar-refractivity contribution is -0.110. The van der Waals surface area contributed by atoms with Crippen molar-refractivity contribution in [3.63, 3.8) is 0 Å². The van der Waals surface area contributed by atoms with Crippen LogP contribution in [-0.4, -0.2) is 24.2 Å². The molecule has 2 aromatic carbocycles. The second kappa shape index (κ2) is 5.98. The first-order valence-electron chi connectivity index (χ1n) is 7.97. The molecule has 1 aliphatic rings. The third kappa shape index (κ3) is 2.41. The van der Waals surface area contributed by atoms with Crippen molar-refractivity contribution in [3.8, 4) is 0 Å². The van der Waals surface area contributed by atoms with Gasteiger partial charge in [0.1, 0.15) is 0 Å². The first-order chi connectivity index (χ1) is 11.8. The van der Waals surface area contributed by atoms with E-state index in [1.807, 2.05) is 42.5 Å². The summed E-state index contributed by atoms with van der Waals surface area (Å²) in [5, 5.41) is 4.06. The van der Waals surface area contributed by atoms with Crippen LogP contribution in [0.2, 0.25) is 0 Å². The summed E-state index contributed by atoms with van der Waals surface area (Å²) >= 11 is 0. The molecule has 0 saturated heterocycles. The number of para-hydroxylation sites is 2. The van der Waals surface area contributed by atoms with Crippen LogP contribution in [-0.2, 0) is 16.1 Å². The minimum absolute atomic E-state index is 0.0510. The highest BCUT2D eigenvalue weighted by atomic mass is 16.5. The first kappa shape index (κ1) is 14.7. The summed E-state index contributed by atoms with van der Waals surface area (Å²) in [7, 11) is 1.70. The Morgan fingerprint density at radius 1 is 1.12 bits per heavy atom.